The fourth-order valence-electron chi connectivity index (χ4n) is 1.59. The first-order valence-electron chi connectivity index (χ1n) is 6.04. The molecule has 0 fully saturated rings. The molecule has 0 saturated heterocycles. The van der Waals surface area contributed by atoms with E-state index in [2.05, 4.69) is 21.0 Å². The zero-order valence-corrected chi connectivity index (χ0v) is 14.5. The number of nitro groups is 1. The molecule has 0 aromatic heterocycles. The van der Waals surface area contributed by atoms with Gasteiger partial charge in [0.15, 0.2) is 0 Å². The lowest BCUT2D eigenvalue weighted by Crippen LogP contribution is -2.18. The number of benzene rings is 2. The maximum Gasteiger partial charge on any atom is 0.288 e. The Bertz CT molecular complexity index is 869. The average Bonchev–Trinajstić information content (AvgIpc) is 2.49. The monoisotopic (exact) mass is 417 g/mol. The van der Waals surface area contributed by atoms with Gasteiger partial charge in [-0.05, 0) is 30.3 Å². The van der Waals surface area contributed by atoms with Crippen molar-refractivity contribution in [2.24, 2.45) is 5.10 Å². The first-order valence-corrected chi connectivity index (χ1v) is 8.69. The summed E-state index contributed by atoms with van der Waals surface area (Å²) in [6.07, 6.45) is 1.15. The molecule has 1 N–H and O–H groups in total. The zero-order valence-electron chi connectivity index (χ0n) is 11.3. The topological polar surface area (TPSA) is 102 Å². The summed E-state index contributed by atoms with van der Waals surface area (Å²) in [5.41, 5.74) is 0.0472. The third kappa shape index (κ3) is 4.50. The Morgan fingerprint density at radius 3 is 2.48 bits per heavy atom. The molecule has 2 aromatic rings. The normalized spacial score (nSPS) is 11.6. The Morgan fingerprint density at radius 1 is 1.22 bits per heavy atom. The summed E-state index contributed by atoms with van der Waals surface area (Å²) in [7, 11) is -3.81. The number of rotatable bonds is 5. The van der Waals surface area contributed by atoms with Crippen molar-refractivity contribution in [3.8, 4) is 0 Å². The van der Waals surface area contributed by atoms with Crippen molar-refractivity contribution in [2.75, 3.05) is 0 Å². The second kappa shape index (κ2) is 7.07. The minimum Gasteiger partial charge on any atom is -0.258 e. The van der Waals surface area contributed by atoms with E-state index in [4.69, 9.17) is 11.6 Å². The van der Waals surface area contributed by atoms with Crippen LogP contribution in [0.5, 0.6) is 0 Å². The molecule has 0 heterocycles. The van der Waals surface area contributed by atoms with Crippen molar-refractivity contribution in [3.05, 3.63) is 67.6 Å². The highest BCUT2D eigenvalue weighted by Crippen LogP contribution is 2.24. The number of hydrogen-bond acceptors (Lipinski definition) is 5. The third-order valence-corrected chi connectivity index (χ3v) is 4.76. The zero-order chi connectivity index (χ0) is 17.0. The third-order valence-electron chi connectivity index (χ3n) is 2.68. The largest absolute Gasteiger partial charge is 0.288 e. The van der Waals surface area contributed by atoms with Crippen molar-refractivity contribution in [1.29, 1.82) is 0 Å². The number of nitrogens with one attached hydrogen (secondary N) is 1. The summed E-state index contributed by atoms with van der Waals surface area (Å²) in [6.45, 7) is 0. The molecule has 0 amide bonds. The maximum absolute atomic E-state index is 12.0. The number of hydrazone groups is 1. The summed E-state index contributed by atoms with van der Waals surface area (Å²) >= 11 is 8.90. The van der Waals surface area contributed by atoms with Crippen LogP contribution in [0, 0.1) is 10.1 Å². The van der Waals surface area contributed by atoms with Crippen molar-refractivity contribution >= 4 is 49.5 Å². The Morgan fingerprint density at radius 2 is 1.87 bits per heavy atom. The molecule has 120 valence electrons. The van der Waals surface area contributed by atoms with Crippen molar-refractivity contribution in [1.82, 2.24) is 4.83 Å². The smallest absolute Gasteiger partial charge is 0.258 e. The Balaban J connectivity index is 2.17. The molecule has 0 aliphatic carbocycles. The molecule has 23 heavy (non-hydrogen) atoms. The van der Waals surface area contributed by atoms with Crippen LogP contribution in [-0.2, 0) is 10.0 Å². The second-order valence-corrected chi connectivity index (χ2v) is 7.26. The van der Waals surface area contributed by atoms with Crippen LogP contribution in [0.3, 0.4) is 0 Å². The molecule has 0 unspecified atom stereocenters. The number of nitro benzene ring substituents is 1. The second-order valence-electron chi connectivity index (χ2n) is 4.27. The van der Waals surface area contributed by atoms with Crippen LogP contribution >= 0.6 is 27.5 Å². The molecule has 0 aliphatic heterocycles. The van der Waals surface area contributed by atoms with Gasteiger partial charge < -0.3 is 0 Å². The van der Waals surface area contributed by atoms with Gasteiger partial charge in [0.2, 0.25) is 0 Å². The van der Waals surface area contributed by atoms with E-state index in [1.807, 2.05) is 4.83 Å². The predicted octanol–water partition coefficient (Wildman–Crippen LogP) is 3.32. The van der Waals surface area contributed by atoms with E-state index in [1.165, 1.54) is 30.3 Å². The molecule has 0 atom stereocenters. The van der Waals surface area contributed by atoms with E-state index < -0.39 is 14.9 Å². The van der Waals surface area contributed by atoms with Gasteiger partial charge in [0.1, 0.15) is 5.02 Å². The quantitative estimate of drug-likeness (QED) is 0.457. The molecule has 0 spiro atoms. The van der Waals surface area contributed by atoms with Gasteiger partial charge in [0, 0.05) is 16.1 Å². The van der Waals surface area contributed by atoms with E-state index in [0.717, 1.165) is 10.7 Å². The van der Waals surface area contributed by atoms with Crippen molar-refractivity contribution in [2.45, 2.75) is 4.90 Å². The van der Waals surface area contributed by atoms with Gasteiger partial charge in [-0.25, -0.2) is 4.83 Å². The molecule has 7 nitrogen and oxygen atoms in total. The van der Waals surface area contributed by atoms with Crippen molar-refractivity contribution in [3.63, 3.8) is 0 Å². The lowest BCUT2D eigenvalue weighted by Gasteiger charge is -2.03. The van der Waals surface area contributed by atoms with E-state index in [-0.39, 0.29) is 15.6 Å². The van der Waals surface area contributed by atoms with Crippen LogP contribution in [0.15, 0.2) is 56.9 Å². The van der Waals surface area contributed by atoms with Gasteiger partial charge in [0.05, 0.1) is 16.0 Å². The van der Waals surface area contributed by atoms with Crippen LogP contribution in [0.1, 0.15) is 5.56 Å². The van der Waals surface area contributed by atoms with Crippen LogP contribution in [0.2, 0.25) is 5.02 Å². The highest BCUT2D eigenvalue weighted by atomic mass is 79.9. The number of halogens is 2. The number of nitrogens with zero attached hydrogens (tertiary/aromatic N) is 2. The number of sulfonamides is 1. The van der Waals surface area contributed by atoms with Gasteiger partial charge in [-0.1, -0.05) is 33.6 Å². The van der Waals surface area contributed by atoms with Crippen LogP contribution in [0.25, 0.3) is 0 Å². The highest BCUT2D eigenvalue weighted by molar-refractivity contribution is 9.10. The van der Waals surface area contributed by atoms with Gasteiger partial charge in [-0.15, -0.1) is 0 Å². The fourth-order valence-corrected chi connectivity index (χ4v) is 2.83. The molecule has 0 bridgehead atoms. The molecule has 0 saturated carbocycles. The summed E-state index contributed by atoms with van der Waals surface area (Å²) in [4.78, 5) is 12.2. The molecular formula is C13H9BrClN3O4S. The van der Waals surface area contributed by atoms with Crippen LogP contribution in [0.4, 0.5) is 5.69 Å². The van der Waals surface area contributed by atoms with Crippen LogP contribution in [-0.4, -0.2) is 19.6 Å². The molecule has 10 heteroatoms. The summed E-state index contributed by atoms with van der Waals surface area (Å²) in [5.74, 6) is 0. The average molecular weight is 419 g/mol. The van der Waals surface area contributed by atoms with Gasteiger partial charge in [0.25, 0.3) is 15.7 Å². The van der Waals surface area contributed by atoms with Crippen LogP contribution < -0.4 is 4.83 Å². The minimum absolute atomic E-state index is 0.0115. The van der Waals surface area contributed by atoms with E-state index in [1.54, 1.807) is 12.1 Å². The molecule has 2 aromatic carbocycles. The molecule has 0 aliphatic rings. The minimum atomic E-state index is -3.81. The van der Waals surface area contributed by atoms with E-state index in [0.29, 0.717) is 5.56 Å². The molecule has 0 radical (unpaired) electrons. The van der Waals surface area contributed by atoms with Gasteiger partial charge in [-0.2, -0.15) is 13.5 Å². The standard InChI is InChI=1S/C13H9BrClN3O4S/c14-10-2-4-11(5-3-10)23(21,22)17-16-8-9-1-6-12(15)13(7-9)18(19)20/h1-8,17H/b16-8-. The fraction of sp³-hybridized carbons (Fsp3) is 0. The Hall–Kier alpha value is -1.97. The molecule has 2 rings (SSSR count). The summed E-state index contributed by atoms with van der Waals surface area (Å²) in [6, 6.07) is 10.0. The highest BCUT2D eigenvalue weighted by Gasteiger charge is 2.13. The summed E-state index contributed by atoms with van der Waals surface area (Å²) in [5, 5.41) is 14.4. The van der Waals surface area contributed by atoms with Gasteiger partial charge in [-0.3, -0.25) is 10.1 Å². The predicted molar refractivity (Wildman–Crippen MR) is 90.2 cm³/mol. The van der Waals surface area contributed by atoms with Crippen molar-refractivity contribution < 1.29 is 13.3 Å². The van der Waals surface area contributed by atoms with E-state index >= 15 is 0 Å². The SMILES string of the molecule is O=[N+]([O-])c1cc(/C=N\NS(=O)(=O)c2ccc(Br)cc2)ccc1Cl. The maximum atomic E-state index is 12.0. The van der Waals surface area contributed by atoms with Gasteiger partial charge >= 0.3 is 0 Å². The lowest BCUT2D eigenvalue weighted by molar-refractivity contribution is -0.384. The first kappa shape index (κ1) is 17.4. The lowest BCUT2D eigenvalue weighted by atomic mass is 10.2. The molecular weight excluding hydrogens is 410 g/mol. The Labute approximate surface area is 145 Å². The Kier molecular flexibility index (Phi) is 5.34. The summed E-state index contributed by atoms with van der Waals surface area (Å²) < 4.78 is 24.7. The van der Waals surface area contributed by atoms with E-state index in [9.17, 15) is 18.5 Å². The number of hydrogen-bond donors (Lipinski definition) is 1. The first-order chi connectivity index (χ1) is 10.8.